The predicted octanol–water partition coefficient (Wildman–Crippen LogP) is 2.43. The van der Waals surface area contributed by atoms with Crippen molar-refractivity contribution in [1.29, 1.82) is 0 Å². The number of hydrogen-bond acceptors (Lipinski definition) is 3. The molecule has 1 heterocycles. The number of piperidine rings is 1. The molecule has 0 radical (unpaired) electrons. The largest absolute Gasteiger partial charge is 0.492 e. The van der Waals surface area contributed by atoms with E-state index in [-0.39, 0.29) is 0 Å². The summed E-state index contributed by atoms with van der Waals surface area (Å²) in [6.07, 6.45) is 2.58. The fourth-order valence-electron chi connectivity index (χ4n) is 2.98. The number of rotatable bonds is 5. The molecule has 2 unspecified atom stereocenters. The topological polar surface area (TPSA) is 38.5 Å². The van der Waals surface area contributed by atoms with Crippen LogP contribution < -0.4 is 10.5 Å². The van der Waals surface area contributed by atoms with Crippen LogP contribution in [0.4, 0.5) is 0 Å². The standard InChI is InChI=1S/C16H26N2O/c1-13-7-5-9-18(15(13)12-17)10-11-19-16-8-4-3-6-14(16)2/h3-4,6,8,13,15H,5,7,9-12,17H2,1-2H3. The van der Waals surface area contributed by atoms with Crippen LogP contribution in [0.3, 0.4) is 0 Å². The molecule has 106 valence electrons. The van der Waals surface area contributed by atoms with E-state index in [1.165, 1.54) is 18.4 Å². The van der Waals surface area contributed by atoms with Gasteiger partial charge in [0.15, 0.2) is 0 Å². The number of likely N-dealkylation sites (tertiary alicyclic amines) is 1. The Kier molecular flexibility index (Phi) is 5.23. The van der Waals surface area contributed by atoms with E-state index in [9.17, 15) is 0 Å². The Bertz CT molecular complexity index is 394. The van der Waals surface area contributed by atoms with Gasteiger partial charge < -0.3 is 10.5 Å². The highest BCUT2D eigenvalue weighted by atomic mass is 16.5. The van der Waals surface area contributed by atoms with Crippen molar-refractivity contribution in [2.24, 2.45) is 11.7 Å². The minimum Gasteiger partial charge on any atom is -0.492 e. The molecule has 0 spiro atoms. The molecule has 1 aromatic carbocycles. The lowest BCUT2D eigenvalue weighted by Gasteiger charge is -2.39. The number of aryl methyl sites for hydroxylation is 1. The van der Waals surface area contributed by atoms with Crippen LogP contribution in [0.2, 0.25) is 0 Å². The van der Waals surface area contributed by atoms with Gasteiger partial charge in [-0.25, -0.2) is 0 Å². The third-order valence-electron chi connectivity index (χ3n) is 4.20. The fraction of sp³-hybridized carbons (Fsp3) is 0.625. The van der Waals surface area contributed by atoms with E-state index in [0.717, 1.165) is 32.0 Å². The first-order chi connectivity index (χ1) is 9.22. The summed E-state index contributed by atoms with van der Waals surface area (Å²) in [5, 5.41) is 0. The van der Waals surface area contributed by atoms with Gasteiger partial charge in [-0.05, 0) is 43.9 Å². The molecule has 1 aliphatic heterocycles. The number of nitrogens with two attached hydrogens (primary N) is 1. The highest BCUT2D eigenvalue weighted by Gasteiger charge is 2.26. The Hall–Kier alpha value is -1.06. The second kappa shape index (κ2) is 6.92. The molecule has 0 saturated carbocycles. The highest BCUT2D eigenvalue weighted by molar-refractivity contribution is 5.31. The van der Waals surface area contributed by atoms with Gasteiger partial charge in [0.2, 0.25) is 0 Å². The molecule has 0 bridgehead atoms. The highest BCUT2D eigenvalue weighted by Crippen LogP contribution is 2.22. The fourth-order valence-corrected chi connectivity index (χ4v) is 2.98. The maximum atomic E-state index is 5.91. The monoisotopic (exact) mass is 262 g/mol. The minimum atomic E-state index is 0.522. The Labute approximate surface area is 116 Å². The number of benzene rings is 1. The molecular formula is C16H26N2O. The first-order valence-electron chi connectivity index (χ1n) is 7.35. The zero-order valence-electron chi connectivity index (χ0n) is 12.1. The average molecular weight is 262 g/mol. The van der Waals surface area contributed by atoms with Crippen molar-refractivity contribution >= 4 is 0 Å². The third-order valence-corrected chi connectivity index (χ3v) is 4.20. The molecule has 19 heavy (non-hydrogen) atoms. The van der Waals surface area contributed by atoms with Gasteiger partial charge in [-0.2, -0.15) is 0 Å². The van der Waals surface area contributed by atoms with Crippen LogP contribution in [0.25, 0.3) is 0 Å². The molecule has 3 nitrogen and oxygen atoms in total. The van der Waals surface area contributed by atoms with E-state index >= 15 is 0 Å². The molecular weight excluding hydrogens is 236 g/mol. The molecule has 2 atom stereocenters. The first-order valence-corrected chi connectivity index (χ1v) is 7.35. The lowest BCUT2D eigenvalue weighted by atomic mass is 9.91. The molecule has 1 aromatic rings. The minimum absolute atomic E-state index is 0.522. The Morgan fingerprint density at radius 1 is 1.37 bits per heavy atom. The van der Waals surface area contributed by atoms with Gasteiger partial charge in [-0.15, -0.1) is 0 Å². The van der Waals surface area contributed by atoms with Crippen molar-refractivity contribution in [1.82, 2.24) is 4.90 Å². The zero-order valence-corrected chi connectivity index (χ0v) is 12.1. The normalized spacial score (nSPS) is 24.4. The summed E-state index contributed by atoms with van der Waals surface area (Å²) in [5.41, 5.74) is 7.11. The lowest BCUT2D eigenvalue weighted by Crippen LogP contribution is -2.49. The van der Waals surface area contributed by atoms with Crippen LogP contribution >= 0.6 is 0 Å². The SMILES string of the molecule is Cc1ccccc1OCCN1CCCC(C)C1CN. The zero-order chi connectivity index (χ0) is 13.7. The second-order valence-corrected chi connectivity index (χ2v) is 5.57. The Balaban J connectivity index is 1.83. The van der Waals surface area contributed by atoms with Gasteiger partial charge in [-0.3, -0.25) is 4.90 Å². The summed E-state index contributed by atoms with van der Waals surface area (Å²) in [4.78, 5) is 2.49. The molecule has 2 N–H and O–H groups in total. The van der Waals surface area contributed by atoms with Crippen LogP contribution in [-0.4, -0.2) is 37.2 Å². The molecule has 3 heteroatoms. The van der Waals surface area contributed by atoms with Gasteiger partial charge in [0.05, 0.1) is 0 Å². The van der Waals surface area contributed by atoms with Crippen LogP contribution in [0.15, 0.2) is 24.3 Å². The van der Waals surface area contributed by atoms with Crippen molar-refractivity contribution in [3.63, 3.8) is 0 Å². The molecule has 0 amide bonds. The lowest BCUT2D eigenvalue weighted by molar-refractivity contribution is 0.0894. The number of hydrogen-bond donors (Lipinski definition) is 1. The van der Waals surface area contributed by atoms with E-state index in [1.54, 1.807) is 0 Å². The van der Waals surface area contributed by atoms with Crippen LogP contribution in [0, 0.1) is 12.8 Å². The summed E-state index contributed by atoms with van der Waals surface area (Å²) in [6.45, 7) is 8.02. The summed E-state index contributed by atoms with van der Waals surface area (Å²) >= 11 is 0. The number of para-hydroxylation sites is 1. The van der Waals surface area contributed by atoms with Gasteiger partial charge in [0, 0.05) is 19.1 Å². The first kappa shape index (κ1) is 14.4. The summed E-state index contributed by atoms with van der Waals surface area (Å²) < 4.78 is 5.89. The van der Waals surface area contributed by atoms with Crippen molar-refractivity contribution in [2.75, 3.05) is 26.2 Å². The van der Waals surface area contributed by atoms with Gasteiger partial charge >= 0.3 is 0 Å². The van der Waals surface area contributed by atoms with Gasteiger partial charge in [0.1, 0.15) is 12.4 Å². The van der Waals surface area contributed by atoms with E-state index in [0.29, 0.717) is 12.0 Å². The van der Waals surface area contributed by atoms with E-state index in [4.69, 9.17) is 10.5 Å². The van der Waals surface area contributed by atoms with Gasteiger partial charge in [-0.1, -0.05) is 25.1 Å². The average Bonchev–Trinajstić information content (AvgIpc) is 2.41. The smallest absolute Gasteiger partial charge is 0.122 e. The van der Waals surface area contributed by atoms with E-state index in [1.807, 2.05) is 18.2 Å². The van der Waals surface area contributed by atoms with E-state index < -0.39 is 0 Å². The van der Waals surface area contributed by atoms with Crippen LogP contribution in [0.5, 0.6) is 5.75 Å². The van der Waals surface area contributed by atoms with Gasteiger partial charge in [0.25, 0.3) is 0 Å². The molecule has 2 rings (SSSR count). The second-order valence-electron chi connectivity index (χ2n) is 5.57. The van der Waals surface area contributed by atoms with Crippen LogP contribution in [-0.2, 0) is 0 Å². The molecule has 1 aliphatic rings. The van der Waals surface area contributed by atoms with Crippen molar-refractivity contribution in [2.45, 2.75) is 32.7 Å². The van der Waals surface area contributed by atoms with Crippen molar-refractivity contribution < 1.29 is 4.74 Å². The Morgan fingerprint density at radius 2 is 2.16 bits per heavy atom. The molecule has 1 fully saturated rings. The van der Waals surface area contributed by atoms with E-state index in [2.05, 4.69) is 24.8 Å². The molecule has 0 aromatic heterocycles. The van der Waals surface area contributed by atoms with Crippen molar-refractivity contribution in [3.05, 3.63) is 29.8 Å². The number of ether oxygens (including phenoxy) is 1. The Morgan fingerprint density at radius 3 is 2.89 bits per heavy atom. The third kappa shape index (κ3) is 3.71. The predicted molar refractivity (Wildman–Crippen MR) is 79.5 cm³/mol. The molecule has 1 saturated heterocycles. The summed E-state index contributed by atoms with van der Waals surface area (Å²) in [6, 6.07) is 8.71. The quantitative estimate of drug-likeness (QED) is 0.885. The van der Waals surface area contributed by atoms with Crippen LogP contribution in [0.1, 0.15) is 25.3 Å². The molecule has 0 aliphatic carbocycles. The summed E-state index contributed by atoms with van der Waals surface area (Å²) in [7, 11) is 0. The number of nitrogens with zero attached hydrogens (tertiary/aromatic N) is 1. The maximum Gasteiger partial charge on any atom is 0.122 e. The summed E-state index contributed by atoms with van der Waals surface area (Å²) in [5.74, 6) is 1.70. The van der Waals surface area contributed by atoms with Crippen molar-refractivity contribution in [3.8, 4) is 5.75 Å². The maximum absolute atomic E-state index is 5.91.